The summed E-state index contributed by atoms with van der Waals surface area (Å²) in [7, 11) is 1.57. The van der Waals surface area contributed by atoms with Crippen LogP contribution in [0.1, 0.15) is 28.9 Å². The van der Waals surface area contributed by atoms with Gasteiger partial charge in [0.25, 0.3) is 11.5 Å². The van der Waals surface area contributed by atoms with Gasteiger partial charge in [0.2, 0.25) is 0 Å². The van der Waals surface area contributed by atoms with Crippen LogP contribution in [-0.4, -0.2) is 15.6 Å². The first-order chi connectivity index (χ1) is 14.5. The Morgan fingerprint density at radius 2 is 1.60 bits per heavy atom. The van der Waals surface area contributed by atoms with Crippen LogP contribution in [0.5, 0.6) is 5.75 Å². The zero-order valence-electron chi connectivity index (χ0n) is 16.8. The van der Waals surface area contributed by atoms with Gasteiger partial charge in [-0.2, -0.15) is 0 Å². The summed E-state index contributed by atoms with van der Waals surface area (Å²) in [6.45, 7) is 1.88. The maximum atomic E-state index is 13.1. The van der Waals surface area contributed by atoms with Crippen molar-refractivity contribution >= 4 is 16.8 Å². The lowest BCUT2D eigenvalue weighted by Gasteiger charge is -2.17. The second kappa shape index (κ2) is 7.87. The number of carbonyl (C=O) groups excluding carboxylic acids is 1. The van der Waals surface area contributed by atoms with Crippen molar-refractivity contribution in [2.75, 3.05) is 0 Å². The highest BCUT2D eigenvalue weighted by atomic mass is 16.3. The van der Waals surface area contributed by atoms with E-state index in [9.17, 15) is 14.7 Å². The summed E-state index contributed by atoms with van der Waals surface area (Å²) in [5.41, 5.74) is 3.06. The molecule has 0 spiro atoms. The largest absolute Gasteiger partial charge is 0.502 e. The number of aromatic hydroxyl groups is 1. The van der Waals surface area contributed by atoms with E-state index in [2.05, 4.69) is 5.32 Å². The van der Waals surface area contributed by atoms with Crippen LogP contribution >= 0.6 is 0 Å². The molecule has 150 valence electrons. The summed E-state index contributed by atoms with van der Waals surface area (Å²) in [5.74, 6) is -1.03. The molecule has 5 heteroatoms. The number of rotatable bonds is 4. The molecule has 0 aliphatic rings. The summed E-state index contributed by atoms with van der Waals surface area (Å²) < 4.78 is 1.34. The van der Waals surface area contributed by atoms with Gasteiger partial charge in [-0.05, 0) is 35.7 Å². The van der Waals surface area contributed by atoms with Crippen LogP contribution in [0.25, 0.3) is 22.0 Å². The van der Waals surface area contributed by atoms with Crippen molar-refractivity contribution in [3.05, 3.63) is 100 Å². The Kier molecular flexibility index (Phi) is 5.11. The highest BCUT2D eigenvalue weighted by molar-refractivity contribution is 6.08. The van der Waals surface area contributed by atoms with E-state index >= 15 is 0 Å². The number of nitrogens with zero attached hydrogens (tertiary/aromatic N) is 1. The van der Waals surface area contributed by atoms with Gasteiger partial charge in [-0.15, -0.1) is 0 Å². The quantitative estimate of drug-likeness (QED) is 0.535. The number of amides is 1. The highest BCUT2D eigenvalue weighted by Crippen LogP contribution is 2.26. The lowest BCUT2D eigenvalue weighted by atomic mass is 9.99. The number of para-hydroxylation sites is 1. The maximum absolute atomic E-state index is 13.1. The molecule has 0 saturated heterocycles. The van der Waals surface area contributed by atoms with Crippen molar-refractivity contribution < 1.29 is 9.90 Å². The van der Waals surface area contributed by atoms with Gasteiger partial charge in [0, 0.05) is 12.4 Å². The van der Waals surface area contributed by atoms with Crippen LogP contribution in [0, 0.1) is 0 Å². The van der Waals surface area contributed by atoms with E-state index in [0.717, 1.165) is 16.7 Å². The molecule has 4 aromatic rings. The molecule has 3 aromatic carbocycles. The van der Waals surface area contributed by atoms with Crippen molar-refractivity contribution in [1.82, 2.24) is 9.88 Å². The zero-order valence-corrected chi connectivity index (χ0v) is 16.8. The average molecular weight is 398 g/mol. The Labute approximate surface area is 174 Å². The molecule has 0 aliphatic heterocycles. The molecule has 0 aliphatic carbocycles. The Bertz CT molecular complexity index is 1290. The number of benzene rings is 3. The van der Waals surface area contributed by atoms with E-state index in [0.29, 0.717) is 10.9 Å². The molecule has 0 bridgehead atoms. The van der Waals surface area contributed by atoms with E-state index in [1.54, 1.807) is 31.3 Å². The normalized spacial score (nSPS) is 11.9. The Morgan fingerprint density at radius 3 is 2.37 bits per heavy atom. The van der Waals surface area contributed by atoms with Crippen molar-refractivity contribution in [2.45, 2.75) is 13.0 Å². The predicted molar refractivity (Wildman–Crippen MR) is 119 cm³/mol. The Balaban J connectivity index is 1.68. The van der Waals surface area contributed by atoms with E-state index in [1.165, 1.54) is 4.57 Å². The molecule has 1 atom stereocenters. The smallest absolute Gasteiger partial charge is 0.293 e. The number of hydrogen-bond acceptors (Lipinski definition) is 3. The molecule has 0 fully saturated rings. The van der Waals surface area contributed by atoms with Gasteiger partial charge in [-0.25, -0.2) is 0 Å². The van der Waals surface area contributed by atoms with Gasteiger partial charge in [-0.1, -0.05) is 66.7 Å². The van der Waals surface area contributed by atoms with E-state index < -0.39 is 17.2 Å². The van der Waals surface area contributed by atoms with Gasteiger partial charge in [0.15, 0.2) is 5.75 Å². The number of hydrogen-bond donors (Lipinski definition) is 2. The fraction of sp³-hybridized carbons (Fsp3) is 0.120. The molecule has 2 N–H and O–H groups in total. The molecule has 1 amide bonds. The number of carbonyl (C=O) groups is 1. The number of aryl methyl sites for hydroxylation is 1. The zero-order chi connectivity index (χ0) is 21.3. The second-order valence-electron chi connectivity index (χ2n) is 7.29. The Morgan fingerprint density at radius 1 is 0.933 bits per heavy atom. The maximum Gasteiger partial charge on any atom is 0.293 e. The number of nitrogens with one attached hydrogen (secondary N) is 1. The van der Waals surface area contributed by atoms with Crippen LogP contribution in [0.4, 0.5) is 0 Å². The van der Waals surface area contributed by atoms with Crippen molar-refractivity contribution in [3.63, 3.8) is 0 Å². The molecule has 0 unspecified atom stereocenters. The first-order valence-electron chi connectivity index (χ1n) is 9.74. The third-order valence-electron chi connectivity index (χ3n) is 5.35. The number of pyridine rings is 1. The molecule has 4 rings (SSSR count). The van der Waals surface area contributed by atoms with Gasteiger partial charge >= 0.3 is 0 Å². The first kappa shape index (κ1) is 19.5. The van der Waals surface area contributed by atoms with Crippen LogP contribution in [-0.2, 0) is 7.05 Å². The van der Waals surface area contributed by atoms with Crippen molar-refractivity contribution in [3.8, 4) is 16.9 Å². The van der Waals surface area contributed by atoms with Gasteiger partial charge in [0.1, 0.15) is 0 Å². The molecule has 5 nitrogen and oxygen atoms in total. The summed E-state index contributed by atoms with van der Waals surface area (Å²) in [6, 6.07) is 24.7. The highest BCUT2D eigenvalue weighted by Gasteiger charge is 2.22. The van der Waals surface area contributed by atoms with E-state index in [4.69, 9.17) is 0 Å². The Hall–Kier alpha value is -3.86. The van der Waals surface area contributed by atoms with Crippen LogP contribution in [0.3, 0.4) is 0 Å². The first-order valence-corrected chi connectivity index (χ1v) is 9.74. The average Bonchev–Trinajstić information content (AvgIpc) is 2.78. The third kappa shape index (κ3) is 3.46. The van der Waals surface area contributed by atoms with E-state index in [-0.39, 0.29) is 11.6 Å². The molecular formula is C25H22N2O3. The molecule has 1 aromatic heterocycles. The standard InChI is InChI=1S/C25H22N2O3/c1-16(18-11-8-12-19(15-18)17-9-4-3-5-10-17)26-24(29)22-20-13-6-7-14-21(20)27(2)25(30)23(22)28/h3-16,28H,1-2H3,(H,26,29)/t16-/m1/s1. The second-order valence-corrected chi connectivity index (χ2v) is 7.29. The summed E-state index contributed by atoms with van der Waals surface area (Å²) >= 11 is 0. The molecule has 0 radical (unpaired) electrons. The van der Waals surface area contributed by atoms with Crippen LogP contribution < -0.4 is 10.9 Å². The van der Waals surface area contributed by atoms with Gasteiger partial charge in [0.05, 0.1) is 17.1 Å². The van der Waals surface area contributed by atoms with E-state index in [1.807, 2.05) is 61.5 Å². The SMILES string of the molecule is C[C@@H](NC(=O)c1c(O)c(=O)n(C)c2ccccc12)c1cccc(-c2ccccc2)c1. The lowest BCUT2D eigenvalue weighted by molar-refractivity contribution is 0.0938. The predicted octanol–water partition coefficient (Wildman–Crippen LogP) is 4.40. The minimum atomic E-state index is -0.599. The molecule has 30 heavy (non-hydrogen) atoms. The topological polar surface area (TPSA) is 71.3 Å². The monoisotopic (exact) mass is 398 g/mol. The van der Waals surface area contributed by atoms with Crippen molar-refractivity contribution in [2.24, 2.45) is 7.05 Å². The lowest BCUT2D eigenvalue weighted by Crippen LogP contribution is -2.29. The number of fused-ring (bicyclic) bond motifs is 1. The minimum absolute atomic E-state index is 0.000219. The number of aromatic nitrogens is 1. The summed E-state index contributed by atoms with van der Waals surface area (Å²) in [5, 5.41) is 13.9. The summed E-state index contributed by atoms with van der Waals surface area (Å²) in [4.78, 5) is 25.5. The minimum Gasteiger partial charge on any atom is -0.502 e. The summed E-state index contributed by atoms with van der Waals surface area (Å²) in [6.07, 6.45) is 0. The van der Waals surface area contributed by atoms with Gasteiger partial charge < -0.3 is 15.0 Å². The molecule has 0 saturated carbocycles. The van der Waals surface area contributed by atoms with Gasteiger partial charge in [-0.3, -0.25) is 9.59 Å². The third-order valence-corrected chi connectivity index (χ3v) is 5.35. The fourth-order valence-corrected chi connectivity index (χ4v) is 3.68. The van der Waals surface area contributed by atoms with Crippen LogP contribution in [0.15, 0.2) is 83.7 Å². The molecule has 1 heterocycles. The van der Waals surface area contributed by atoms with Crippen molar-refractivity contribution in [1.29, 1.82) is 0 Å². The van der Waals surface area contributed by atoms with Crippen LogP contribution in [0.2, 0.25) is 0 Å². The fourth-order valence-electron chi connectivity index (χ4n) is 3.68. The molecular weight excluding hydrogens is 376 g/mol.